The molecule has 2 N–H and O–H groups in total. The van der Waals surface area contributed by atoms with Gasteiger partial charge in [0.2, 0.25) is 0 Å². The minimum atomic E-state index is 0.837. The molecule has 76 valence electrons. The molecule has 0 unspecified atom stereocenters. The molecular weight excluding hydrogens is 182 g/mol. The van der Waals surface area contributed by atoms with Crippen LogP contribution in [0, 0.1) is 13.8 Å². The normalized spacial score (nSPS) is 10.3. The van der Waals surface area contributed by atoms with Crippen molar-refractivity contribution in [2.24, 2.45) is 0 Å². The Morgan fingerprint density at radius 3 is 2.07 bits per heavy atom. The van der Waals surface area contributed by atoms with Gasteiger partial charge in [0.25, 0.3) is 0 Å². The molecule has 2 aromatic rings. The van der Waals surface area contributed by atoms with Gasteiger partial charge in [-0.3, -0.25) is 0 Å². The highest BCUT2D eigenvalue weighted by Crippen LogP contribution is 2.26. The second kappa shape index (κ2) is 3.77. The highest BCUT2D eigenvalue weighted by molar-refractivity contribution is 5.76. The predicted molar refractivity (Wildman–Crippen MR) is 65.8 cm³/mol. The van der Waals surface area contributed by atoms with E-state index in [1.807, 2.05) is 12.1 Å². The van der Waals surface area contributed by atoms with E-state index in [1.165, 1.54) is 16.7 Å². The number of hydrogen-bond acceptors (Lipinski definition) is 1. The Balaban J connectivity index is 2.53. The van der Waals surface area contributed by atoms with Crippen molar-refractivity contribution >= 4 is 5.69 Å². The number of benzene rings is 2. The smallest absolute Gasteiger partial charge is 0.0393 e. The Morgan fingerprint density at radius 2 is 1.40 bits per heavy atom. The maximum atomic E-state index is 5.96. The molecule has 0 spiro atoms. The van der Waals surface area contributed by atoms with Crippen molar-refractivity contribution in [1.82, 2.24) is 0 Å². The van der Waals surface area contributed by atoms with Gasteiger partial charge < -0.3 is 5.73 Å². The summed E-state index contributed by atoms with van der Waals surface area (Å²) in [5, 5.41) is 0. The number of anilines is 1. The highest BCUT2D eigenvalue weighted by atomic mass is 14.6. The van der Waals surface area contributed by atoms with Crippen molar-refractivity contribution in [3.63, 3.8) is 0 Å². The van der Waals surface area contributed by atoms with E-state index in [0.717, 1.165) is 11.3 Å². The molecule has 1 heteroatoms. The van der Waals surface area contributed by atoms with E-state index in [9.17, 15) is 0 Å². The lowest BCUT2D eigenvalue weighted by Crippen LogP contribution is -1.90. The minimum absolute atomic E-state index is 0.837. The van der Waals surface area contributed by atoms with Gasteiger partial charge in [0.15, 0.2) is 0 Å². The van der Waals surface area contributed by atoms with E-state index in [4.69, 9.17) is 5.73 Å². The molecule has 0 radical (unpaired) electrons. The van der Waals surface area contributed by atoms with Crippen LogP contribution in [0.4, 0.5) is 5.69 Å². The summed E-state index contributed by atoms with van der Waals surface area (Å²) in [6.45, 7) is 4.17. The van der Waals surface area contributed by atoms with Gasteiger partial charge in [-0.25, -0.2) is 0 Å². The molecule has 2 rings (SSSR count). The minimum Gasteiger partial charge on any atom is -0.398 e. The monoisotopic (exact) mass is 197 g/mol. The summed E-state index contributed by atoms with van der Waals surface area (Å²) in [4.78, 5) is 0. The van der Waals surface area contributed by atoms with Crippen molar-refractivity contribution in [1.29, 1.82) is 0 Å². The van der Waals surface area contributed by atoms with Crippen LogP contribution in [-0.4, -0.2) is 0 Å². The van der Waals surface area contributed by atoms with Gasteiger partial charge in [0, 0.05) is 11.3 Å². The average Bonchev–Trinajstić information content (AvgIpc) is 2.23. The first kappa shape index (κ1) is 9.78. The van der Waals surface area contributed by atoms with Crippen molar-refractivity contribution in [3.05, 3.63) is 53.6 Å². The molecule has 0 saturated carbocycles. The van der Waals surface area contributed by atoms with Crippen molar-refractivity contribution < 1.29 is 0 Å². The van der Waals surface area contributed by atoms with Gasteiger partial charge in [0.05, 0.1) is 0 Å². The van der Waals surface area contributed by atoms with E-state index in [-0.39, 0.29) is 0 Å². The molecule has 0 fully saturated rings. The molecule has 0 heterocycles. The van der Waals surface area contributed by atoms with Crippen LogP contribution in [0.1, 0.15) is 11.1 Å². The molecular formula is C14H15N. The summed E-state index contributed by atoms with van der Waals surface area (Å²) in [5.74, 6) is 0. The Bertz CT molecular complexity index is 469. The van der Waals surface area contributed by atoms with Gasteiger partial charge in [-0.05, 0) is 31.5 Å². The molecule has 2 aromatic carbocycles. The van der Waals surface area contributed by atoms with Crippen LogP contribution in [0.5, 0.6) is 0 Å². The Hall–Kier alpha value is -1.76. The van der Waals surface area contributed by atoms with Crippen LogP contribution in [0.2, 0.25) is 0 Å². The topological polar surface area (TPSA) is 26.0 Å². The summed E-state index contributed by atoms with van der Waals surface area (Å²) < 4.78 is 0. The zero-order chi connectivity index (χ0) is 10.8. The van der Waals surface area contributed by atoms with Gasteiger partial charge in [-0.1, -0.05) is 41.5 Å². The molecule has 1 nitrogen and oxygen atoms in total. The summed E-state index contributed by atoms with van der Waals surface area (Å²) in [7, 11) is 0. The van der Waals surface area contributed by atoms with Gasteiger partial charge in [0.1, 0.15) is 0 Å². The Labute approximate surface area is 90.6 Å². The van der Waals surface area contributed by atoms with Gasteiger partial charge in [-0.2, -0.15) is 0 Å². The third-order valence-corrected chi connectivity index (χ3v) is 2.57. The molecule has 0 aliphatic rings. The number of rotatable bonds is 1. The zero-order valence-corrected chi connectivity index (χ0v) is 9.12. The third-order valence-electron chi connectivity index (χ3n) is 2.57. The molecule has 0 amide bonds. The first-order chi connectivity index (χ1) is 7.16. The van der Waals surface area contributed by atoms with E-state index in [0.29, 0.717) is 0 Å². The van der Waals surface area contributed by atoms with Crippen LogP contribution in [0.15, 0.2) is 42.5 Å². The lowest BCUT2D eigenvalue weighted by atomic mass is 10.0. The van der Waals surface area contributed by atoms with E-state index in [2.05, 4.69) is 44.2 Å². The number of aryl methyl sites for hydroxylation is 2. The summed E-state index contributed by atoms with van der Waals surface area (Å²) >= 11 is 0. The third kappa shape index (κ3) is 2.01. The second-order valence-corrected chi connectivity index (χ2v) is 3.96. The largest absolute Gasteiger partial charge is 0.398 e. The fraction of sp³-hybridized carbons (Fsp3) is 0.143. The van der Waals surface area contributed by atoms with Crippen LogP contribution in [0.25, 0.3) is 11.1 Å². The standard InChI is InChI=1S/C14H15N/c1-10-3-6-12(7-4-10)13-9-11(2)5-8-14(13)15/h3-9H,15H2,1-2H3. The first-order valence-electron chi connectivity index (χ1n) is 5.10. The first-order valence-corrected chi connectivity index (χ1v) is 5.10. The summed E-state index contributed by atoms with van der Waals surface area (Å²) in [6.07, 6.45) is 0. The molecule has 0 aliphatic carbocycles. The van der Waals surface area contributed by atoms with E-state index < -0.39 is 0 Å². The number of hydrogen-bond donors (Lipinski definition) is 1. The maximum absolute atomic E-state index is 5.96. The quantitative estimate of drug-likeness (QED) is 0.695. The SMILES string of the molecule is Cc1ccc(-c2cc(C)ccc2N)cc1. The summed E-state index contributed by atoms with van der Waals surface area (Å²) in [5.41, 5.74) is 11.6. The predicted octanol–water partition coefficient (Wildman–Crippen LogP) is 3.55. The lowest BCUT2D eigenvalue weighted by Gasteiger charge is -2.07. The lowest BCUT2D eigenvalue weighted by molar-refractivity contribution is 1.44. The fourth-order valence-corrected chi connectivity index (χ4v) is 1.65. The Morgan fingerprint density at radius 1 is 0.800 bits per heavy atom. The van der Waals surface area contributed by atoms with E-state index in [1.54, 1.807) is 0 Å². The molecule has 15 heavy (non-hydrogen) atoms. The van der Waals surface area contributed by atoms with Crippen LogP contribution < -0.4 is 5.73 Å². The van der Waals surface area contributed by atoms with Crippen molar-refractivity contribution in [2.45, 2.75) is 13.8 Å². The second-order valence-electron chi connectivity index (χ2n) is 3.96. The van der Waals surface area contributed by atoms with E-state index >= 15 is 0 Å². The van der Waals surface area contributed by atoms with Crippen LogP contribution in [0.3, 0.4) is 0 Å². The number of nitrogens with two attached hydrogens (primary N) is 1. The molecule has 0 aliphatic heterocycles. The average molecular weight is 197 g/mol. The fourth-order valence-electron chi connectivity index (χ4n) is 1.65. The highest BCUT2D eigenvalue weighted by Gasteiger charge is 2.01. The van der Waals surface area contributed by atoms with Crippen molar-refractivity contribution in [2.75, 3.05) is 5.73 Å². The number of nitrogen functional groups attached to an aromatic ring is 1. The van der Waals surface area contributed by atoms with Gasteiger partial charge >= 0.3 is 0 Å². The molecule has 0 saturated heterocycles. The maximum Gasteiger partial charge on any atom is 0.0393 e. The zero-order valence-electron chi connectivity index (χ0n) is 9.12. The van der Waals surface area contributed by atoms with Crippen LogP contribution in [-0.2, 0) is 0 Å². The van der Waals surface area contributed by atoms with Crippen LogP contribution >= 0.6 is 0 Å². The molecule has 0 atom stereocenters. The molecule has 0 bridgehead atoms. The van der Waals surface area contributed by atoms with Crippen molar-refractivity contribution in [3.8, 4) is 11.1 Å². The molecule has 0 aromatic heterocycles. The summed E-state index contributed by atoms with van der Waals surface area (Å²) in [6, 6.07) is 14.6. The van der Waals surface area contributed by atoms with Gasteiger partial charge in [-0.15, -0.1) is 0 Å². The Kier molecular flexibility index (Phi) is 2.46.